The second kappa shape index (κ2) is 4.98. The summed E-state index contributed by atoms with van der Waals surface area (Å²) in [7, 11) is 0. The van der Waals surface area contributed by atoms with E-state index in [2.05, 4.69) is 19.1 Å². The van der Waals surface area contributed by atoms with Gasteiger partial charge in [-0.15, -0.1) is 0 Å². The first-order valence-electron chi connectivity index (χ1n) is 7.23. The average molecular weight is 271 g/mol. The van der Waals surface area contributed by atoms with Crippen molar-refractivity contribution in [1.29, 1.82) is 0 Å². The summed E-state index contributed by atoms with van der Waals surface area (Å²) < 4.78 is 11.9. The van der Waals surface area contributed by atoms with Crippen molar-refractivity contribution in [3.63, 3.8) is 0 Å². The molecule has 0 saturated carbocycles. The van der Waals surface area contributed by atoms with Crippen LogP contribution < -0.4 is 5.73 Å². The lowest BCUT2D eigenvalue weighted by molar-refractivity contribution is 0.570. The highest BCUT2D eigenvalue weighted by molar-refractivity contribution is 6.01. The molecule has 3 nitrogen and oxygen atoms in total. The van der Waals surface area contributed by atoms with Gasteiger partial charge in [0.05, 0.1) is 0 Å². The number of hydrogen-bond acceptors (Lipinski definition) is 3. The summed E-state index contributed by atoms with van der Waals surface area (Å²) in [6.45, 7) is 6.83. The second-order valence-corrected chi connectivity index (χ2v) is 5.55. The number of rotatable bonds is 4. The molecule has 2 N–H and O–H groups in total. The molecule has 0 aliphatic carbocycles. The maximum absolute atomic E-state index is 5.96. The fourth-order valence-electron chi connectivity index (χ4n) is 2.97. The lowest BCUT2D eigenvalue weighted by Crippen LogP contribution is -1.99. The molecular weight excluding hydrogens is 250 g/mol. The van der Waals surface area contributed by atoms with Gasteiger partial charge in [-0.05, 0) is 58.7 Å². The number of furan rings is 2. The summed E-state index contributed by atoms with van der Waals surface area (Å²) >= 11 is 0. The average Bonchev–Trinajstić information content (AvgIpc) is 2.97. The van der Waals surface area contributed by atoms with Crippen molar-refractivity contribution < 1.29 is 8.83 Å². The molecule has 2 heterocycles. The van der Waals surface area contributed by atoms with E-state index in [1.54, 1.807) is 0 Å². The number of hydrogen-bond donors (Lipinski definition) is 1. The Hall–Kier alpha value is -1.74. The normalized spacial score (nSPS) is 11.8. The highest BCUT2D eigenvalue weighted by atomic mass is 16.3. The van der Waals surface area contributed by atoms with Crippen LogP contribution in [0, 0.1) is 20.8 Å². The molecule has 0 spiro atoms. The number of unbranched alkanes of at least 4 members (excludes halogenated alkanes) is 1. The van der Waals surface area contributed by atoms with Gasteiger partial charge in [0.25, 0.3) is 0 Å². The van der Waals surface area contributed by atoms with Crippen LogP contribution in [0.1, 0.15) is 35.5 Å². The van der Waals surface area contributed by atoms with Gasteiger partial charge in [-0.3, -0.25) is 0 Å². The van der Waals surface area contributed by atoms with E-state index in [4.69, 9.17) is 14.6 Å². The highest BCUT2D eigenvalue weighted by Crippen LogP contribution is 2.36. The van der Waals surface area contributed by atoms with Gasteiger partial charge in [-0.1, -0.05) is 0 Å². The molecule has 0 fully saturated rings. The fraction of sp³-hybridized carbons (Fsp3) is 0.412. The Bertz CT molecular complexity index is 707. The lowest BCUT2D eigenvalue weighted by atomic mass is 9.98. The molecule has 1 aromatic carbocycles. The number of nitrogens with two attached hydrogens (primary N) is 1. The molecule has 3 aromatic rings. The third-order valence-electron chi connectivity index (χ3n) is 3.94. The van der Waals surface area contributed by atoms with Crippen molar-refractivity contribution in [3.8, 4) is 0 Å². The van der Waals surface area contributed by atoms with Gasteiger partial charge in [0.1, 0.15) is 22.7 Å². The quantitative estimate of drug-likeness (QED) is 0.716. The predicted molar refractivity (Wildman–Crippen MR) is 82.2 cm³/mol. The van der Waals surface area contributed by atoms with E-state index >= 15 is 0 Å². The Morgan fingerprint density at radius 3 is 2.25 bits per heavy atom. The zero-order valence-electron chi connectivity index (χ0n) is 12.4. The molecule has 106 valence electrons. The highest BCUT2D eigenvalue weighted by Gasteiger charge is 2.18. The van der Waals surface area contributed by atoms with Crippen molar-refractivity contribution in [2.75, 3.05) is 6.54 Å². The number of benzene rings is 1. The van der Waals surface area contributed by atoms with Crippen LogP contribution in [-0.4, -0.2) is 6.54 Å². The van der Waals surface area contributed by atoms with Crippen molar-refractivity contribution in [2.45, 2.75) is 40.0 Å². The van der Waals surface area contributed by atoms with Crippen LogP contribution in [0.3, 0.4) is 0 Å². The van der Waals surface area contributed by atoms with Crippen molar-refractivity contribution in [1.82, 2.24) is 0 Å². The maximum Gasteiger partial charge on any atom is 0.138 e. The van der Waals surface area contributed by atoms with Gasteiger partial charge in [0.2, 0.25) is 0 Å². The van der Waals surface area contributed by atoms with Gasteiger partial charge in [-0.25, -0.2) is 0 Å². The molecule has 2 aromatic heterocycles. The first-order valence-corrected chi connectivity index (χ1v) is 7.23. The molecule has 0 saturated heterocycles. The summed E-state index contributed by atoms with van der Waals surface area (Å²) in [5, 5.41) is 2.37. The smallest absolute Gasteiger partial charge is 0.138 e. The SMILES string of the molecule is Cc1cc2c(CCCCN)c3oc(C)cc3c(C)c2o1. The van der Waals surface area contributed by atoms with Crippen LogP contribution in [0.2, 0.25) is 0 Å². The van der Waals surface area contributed by atoms with Crippen LogP contribution in [-0.2, 0) is 6.42 Å². The standard InChI is InChI=1S/C17H21NO2/c1-10-8-14-12(3)16-15(9-11(2)19-16)13(17(14)20-10)6-4-5-7-18/h8-9H,4-7,18H2,1-3H3. The van der Waals surface area contributed by atoms with Crippen molar-refractivity contribution >= 4 is 21.9 Å². The van der Waals surface area contributed by atoms with E-state index in [1.165, 1.54) is 21.9 Å². The zero-order valence-corrected chi connectivity index (χ0v) is 12.4. The Labute approximate surface area is 118 Å². The maximum atomic E-state index is 5.96. The molecular formula is C17H21NO2. The molecule has 0 radical (unpaired) electrons. The minimum absolute atomic E-state index is 0.736. The summed E-state index contributed by atoms with van der Waals surface area (Å²) in [4.78, 5) is 0. The monoisotopic (exact) mass is 271 g/mol. The van der Waals surface area contributed by atoms with Gasteiger partial charge in [-0.2, -0.15) is 0 Å². The van der Waals surface area contributed by atoms with Crippen LogP contribution in [0.25, 0.3) is 21.9 Å². The van der Waals surface area contributed by atoms with Crippen LogP contribution >= 0.6 is 0 Å². The summed E-state index contributed by atoms with van der Waals surface area (Å²) in [5.74, 6) is 1.90. The Morgan fingerprint density at radius 1 is 0.900 bits per heavy atom. The van der Waals surface area contributed by atoms with Crippen molar-refractivity contribution in [2.24, 2.45) is 5.73 Å². The predicted octanol–water partition coefficient (Wildman–Crippen LogP) is 4.39. The molecule has 0 aliphatic heterocycles. The van der Waals surface area contributed by atoms with E-state index in [9.17, 15) is 0 Å². The van der Waals surface area contributed by atoms with Gasteiger partial charge in [0, 0.05) is 21.9 Å². The van der Waals surface area contributed by atoms with Crippen molar-refractivity contribution in [3.05, 3.63) is 34.8 Å². The fourth-order valence-corrected chi connectivity index (χ4v) is 2.97. The van der Waals surface area contributed by atoms with Gasteiger partial charge in [0.15, 0.2) is 0 Å². The molecule has 20 heavy (non-hydrogen) atoms. The summed E-state index contributed by atoms with van der Waals surface area (Å²) in [6, 6.07) is 4.23. The van der Waals surface area contributed by atoms with Crippen LogP contribution in [0.4, 0.5) is 0 Å². The number of aryl methyl sites for hydroxylation is 4. The van der Waals surface area contributed by atoms with Gasteiger partial charge >= 0.3 is 0 Å². The van der Waals surface area contributed by atoms with Crippen LogP contribution in [0.15, 0.2) is 21.0 Å². The second-order valence-electron chi connectivity index (χ2n) is 5.55. The minimum Gasteiger partial charge on any atom is -0.461 e. The molecule has 0 atom stereocenters. The van der Waals surface area contributed by atoms with E-state index < -0.39 is 0 Å². The lowest BCUT2D eigenvalue weighted by Gasteiger charge is -2.06. The first-order chi connectivity index (χ1) is 9.61. The van der Waals surface area contributed by atoms with E-state index in [0.717, 1.165) is 48.5 Å². The molecule has 0 bridgehead atoms. The molecule has 0 aliphatic rings. The Balaban J connectivity index is 2.27. The van der Waals surface area contributed by atoms with E-state index in [1.807, 2.05) is 13.8 Å². The topological polar surface area (TPSA) is 52.3 Å². The molecule has 3 heteroatoms. The molecule has 0 unspecified atom stereocenters. The minimum atomic E-state index is 0.736. The first kappa shape index (κ1) is 13.3. The Kier molecular flexibility index (Phi) is 3.30. The zero-order chi connectivity index (χ0) is 14.3. The third-order valence-corrected chi connectivity index (χ3v) is 3.94. The largest absolute Gasteiger partial charge is 0.461 e. The van der Waals surface area contributed by atoms with E-state index in [-0.39, 0.29) is 0 Å². The number of fused-ring (bicyclic) bond motifs is 2. The molecule has 0 amide bonds. The third kappa shape index (κ3) is 2.02. The van der Waals surface area contributed by atoms with Crippen LogP contribution in [0.5, 0.6) is 0 Å². The summed E-state index contributed by atoms with van der Waals surface area (Å²) in [6.07, 6.45) is 3.09. The summed E-state index contributed by atoms with van der Waals surface area (Å²) in [5.41, 5.74) is 10.1. The van der Waals surface area contributed by atoms with E-state index in [0.29, 0.717) is 0 Å². The van der Waals surface area contributed by atoms with Gasteiger partial charge < -0.3 is 14.6 Å². The Morgan fingerprint density at radius 2 is 1.55 bits per heavy atom. The molecule has 3 rings (SSSR count).